The van der Waals surface area contributed by atoms with Gasteiger partial charge in [0.2, 0.25) is 0 Å². The van der Waals surface area contributed by atoms with Gasteiger partial charge in [-0.3, -0.25) is 9.59 Å². The molecule has 1 aliphatic rings. The van der Waals surface area contributed by atoms with Crippen molar-refractivity contribution >= 4 is 33.6 Å². The highest BCUT2D eigenvalue weighted by atomic mass is 16.5. The molecule has 1 fully saturated rings. The van der Waals surface area contributed by atoms with Crippen molar-refractivity contribution in [1.29, 1.82) is 0 Å². The number of aromatic nitrogens is 1. The lowest BCUT2D eigenvalue weighted by Gasteiger charge is -2.26. The Morgan fingerprint density at radius 2 is 1.75 bits per heavy atom. The van der Waals surface area contributed by atoms with Crippen molar-refractivity contribution in [3.8, 4) is 11.1 Å². The maximum atomic E-state index is 13.0. The van der Waals surface area contributed by atoms with Gasteiger partial charge in [0.05, 0.1) is 24.3 Å². The van der Waals surface area contributed by atoms with Crippen LogP contribution in [-0.2, 0) is 4.74 Å². The number of nitrogens with two attached hydrogens (primary N) is 1. The summed E-state index contributed by atoms with van der Waals surface area (Å²) in [4.78, 5) is 30.5. The van der Waals surface area contributed by atoms with Crippen LogP contribution in [0, 0.1) is 13.8 Å². The molecule has 6 nitrogen and oxygen atoms in total. The van der Waals surface area contributed by atoms with Crippen LogP contribution in [0.1, 0.15) is 31.8 Å². The summed E-state index contributed by atoms with van der Waals surface area (Å²) in [6, 6.07) is 15.8. The Bertz CT molecular complexity index is 1380. The van der Waals surface area contributed by atoms with E-state index in [-0.39, 0.29) is 5.91 Å². The van der Waals surface area contributed by atoms with Crippen molar-refractivity contribution in [2.24, 2.45) is 5.73 Å². The maximum absolute atomic E-state index is 13.0. The number of benzene rings is 3. The van der Waals surface area contributed by atoms with Crippen LogP contribution >= 0.6 is 0 Å². The van der Waals surface area contributed by atoms with Crippen LogP contribution in [-0.4, -0.2) is 48.0 Å². The zero-order chi connectivity index (χ0) is 22.4. The second kappa shape index (κ2) is 7.80. The predicted octanol–water partition coefficient (Wildman–Crippen LogP) is 4.18. The van der Waals surface area contributed by atoms with Gasteiger partial charge in [-0.2, -0.15) is 0 Å². The minimum Gasteiger partial charge on any atom is -0.378 e. The highest BCUT2D eigenvalue weighted by Crippen LogP contribution is 2.34. The minimum atomic E-state index is -0.488. The second-order valence-corrected chi connectivity index (χ2v) is 8.42. The molecule has 3 N–H and O–H groups in total. The Hall–Kier alpha value is -3.64. The van der Waals surface area contributed by atoms with Crippen molar-refractivity contribution < 1.29 is 14.3 Å². The summed E-state index contributed by atoms with van der Waals surface area (Å²) < 4.78 is 5.37. The molecular weight excluding hydrogens is 402 g/mol. The molecule has 0 atom stereocenters. The molecule has 2 heterocycles. The number of carbonyl (C=O) groups excluding carboxylic acids is 2. The number of H-pyrrole nitrogens is 1. The Morgan fingerprint density at radius 3 is 2.47 bits per heavy atom. The van der Waals surface area contributed by atoms with Crippen LogP contribution in [0.25, 0.3) is 32.9 Å². The van der Waals surface area contributed by atoms with Crippen LogP contribution in [0.3, 0.4) is 0 Å². The molecule has 1 aromatic heterocycles. The molecule has 3 aromatic carbocycles. The lowest BCUT2D eigenvalue weighted by Crippen LogP contribution is -2.40. The lowest BCUT2D eigenvalue weighted by molar-refractivity contribution is 0.0303. The SMILES string of the molecule is Cc1ccc(-c2cc(C(N)=O)c3[nH]c4ccc(C(=O)N5CCOCC5)cc4c3c2)c(C)c1. The van der Waals surface area contributed by atoms with Crippen LogP contribution < -0.4 is 5.73 Å². The third kappa shape index (κ3) is 3.42. The van der Waals surface area contributed by atoms with E-state index in [1.165, 1.54) is 5.56 Å². The molecule has 0 spiro atoms. The van der Waals surface area contributed by atoms with Gasteiger partial charge in [0.25, 0.3) is 11.8 Å². The van der Waals surface area contributed by atoms with Gasteiger partial charge >= 0.3 is 0 Å². The van der Waals surface area contributed by atoms with Gasteiger partial charge in [-0.15, -0.1) is 0 Å². The van der Waals surface area contributed by atoms with Gasteiger partial charge < -0.3 is 20.4 Å². The van der Waals surface area contributed by atoms with Crippen molar-refractivity contribution in [3.05, 3.63) is 70.8 Å². The molecule has 0 radical (unpaired) electrons. The fraction of sp³-hybridized carbons (Fsp3) is 0.231. The number of hydrogen-bond donors (Lipinski definition) is 2. The van der Waals surface area contributed by atoms with Crippen LogP contribution in [0.15, 0.2) is 48.5 Å². The molecule has 5 rings (SSSR count). The monoisotopic (exact) mass is 427 g/mol. The molecule has 2 amide bonds. The van der Waals surface area contributed by atoms with E-state index in [4.69, 9.17) is 10.5 Å². The van der Waals surface area contributed by atoms with Crippen molar-refractivity contribution in [1.82, 2.24) is 9.88 Å². The molecule has 1 saturated heterocycles. The van der Waals surface area contributed by atoms with Crippen molar-refractivity contribution in [2.45, 2.75) is 13.8 Å². The summed E-state index contributed by atoms with van der Waals surface area (Å²) in [5.74, 6) is -0.497. The summed E-state index contributed by atoms with van der Waals surface area (Å²) >= 11 is 0. The number of aromatic amines is 1. The molecule has 0 unspecified atom stereocenters. The number of amides is 2. The average Bonchev–Trinajstić information content (AvgIpc) is 3.16. The molecule has 4 aromatic rings. The zero-order valence-corrected chi connectivity index (χ0v) is 18.2. The minimum absolute atomic E-state index is 0.00907. The number of primary amides is 1. The van der Waals surface area contributed by atoms with Crippen LogP contribution in [0.2, 0.25) is 0 Å². The third-order valence-electron chi connectivity index (χ3n) is 6.21. The fourth-order valence-corrected chi connectivity index (χ4v) is 4.57. The smallest absolute Gasteiger partial charge is 0.254 e. The van der Waals surface area contributed by atoms with E-state index in [9.17, 15) is 9.59 Å². The van der Waals surface area contributed by atoms with E-state index in [0.29, 0.717) is 42.9 Å². The van der Waals surface area contributed by atoms with E-state index in [1.807, 2.05) is 29.2 Å². The van der Waals surface area contributed by atoms with Crippen LogP contribution in [0.4, 0.5) is 0 Å². The molecular formula is C26H25N3O3. The summed E-state index contributed by atoms with van der Waals surface area (Å²) in [7, 11) is 0. The van der Waals surface area contributed by atoms with Gasteiger partial charge in [-0.1, -0.05) is 23.8 Å². The third-order valence-corrected chi connectivity index (χ3v) is 6.21. The number of nitrogens with one attached hydrogen (secondary N) is 1. The molecule has 0 aliphatic carbocycles. The normalized spacial score (nSPS) is 14.2. The summed E-state index contributed by atoms with van der Waals surface area (Å²) in [6.07, 6.45) is 0. The molecule has 0 bridgehead atoms. The maximum Gasteiger partial charge on any atom is 0.254 e. The second-order valence-electron chi connectivity index (χ2n) is 8.42. The summed E-state index contributed by atoms with van der Waals surface area (Å²) in [5.41, 5.74) is 12.7. The van der Waals surface area contributed by atoms with Crippen molar-refractivity contribution in [2.75, 3.05) is 26.3 Å². The number of rotatable bonds is 3. The molecule has 6 heteroatoms. The average molecular weight is 428 g/mol. The lowest BCUT2D eigenvalue weighted by atomic mass is 9.95. The molecule has 32 heavy (non-hydrogen) atoms. The first-order valence-corrected chi connectivity index (χ1v) is 10.8. The van der Waals surface area contributed by atoms with E-state index >= 15 is 0 Å². The Morgan fingerprint density at radius 1 is 0.969 bits per heavy atom. The summed E-state index contributed by atoms with van der Waals surface area (Å²) in [5, 5.41) is 1.77. The van der Waals surface area contributed by atoms with E-state index in [1.54, 1.807) is 0 Å². The number of fused-ring (bicyclic) bond motifs is 3. The number of aryl methyl sites for hydroxylation is 2. The first-order valence-electron chi connectivity index (χ1n) is 10.8. The number of morpholine rings is 1. The number of ether oxygens (including phenoxy) is 1. The highest BCUT2D eigenvalue weighted by molar-refractivity contribution is 6.17. The van der Waals surface area contributed by atoms with Gasteiger partial charge in [0.1, 0.15) is 0 Å². The van der Waals surface area contributed by atoms with Gasteiger partial charge in [-0.05, 0) is 60.9 Å². The Labute approximate surface area is 186 Å². The fourth-order valence-electron chi connectivity index (χ4n) is 4.57. The van der Waals surface area contributed by atoms with E-state index in [0.717, 1.165) is 33.0 Å². The topological polar surface area (TPSA) is 88.4 Å². The quantitative estimate of drug-likeness (QED) is 0.514. The Kier molecular flexibility index (Phi) is 4.94. The number of carbonyl (C=O) groups is 2. The first kappa shape index (κ1) is 20.3. The van der Waals surface area contributed by atoms with E-state index < -0.39 is 5.91 Å². The molecule has 162 valence electrons. The predicted molar refractivity (Wildman–Crippen MR) is 126 cm³/mol. The molecule has 0 saturated carbocycles. The van der Waals surface area contributed by atoms with Crippen molar-refractivity contribution in [3.63, 3.8) is 0 Å². The number of hydrogen-bond acceptors (Lipinski definition) is 3. The van der Waals surface area contributed by atoms with Gasteiger partial charge in [0.15, 0.2) is 0 Å². The van der Waals surface area contributed by atoms with Gasteiger partial charge in [-0.25, -0.2) is 0 Å². The summed E-state index contributed by atoms with van der Waals surface area (Å²) in [6.45, 7) is 6.41. The largest absolute Gasteiger partial charge is 0.378 e. The van der Waals surface area contributed by atoms with Gasteiger partial charge in [0, 0.05) is 34.9 Å². The first-order chi connectivity index (χ1) is 15.4. The van der Waals surface area contributed by atoms with E-state index in [2.05, 4.69) is 43.1 Å². The molecule has 1 aliphatic heterocycles. The standard InChI is InChI=1S/C26H25N3O3/c1-15-3-5-19(16(2)11-15)18-13-21-20-12-17(26(31)29-7-9-32-10-8-29)4-6-23(20)28-24(21)22(14-18)25(27)30/h3-6,11-14,28H,7-10H2,1-2H3,(H2,27,30). The highest BCUT2D eigenvalue weighted by Gasteiger charge is 2.21. The Balaban J connectivity index is 1.70. The zero-order valence-electron chi connectivity index (χ0n) is 18.2. The van der Waals surface area contributed by atoms with Crippen LogP contribution in [0.5, 0.6) is 0 Å². The number of nitrogens with zero attached hydrogens (tertiary/aromatic N) is 1.